The number of hydrogen-bond acceptors (Lipinski definition) is 2. The molecule has 1 rings (SSSR count). The van der Waals surface area contributed by atoms with E-state index in [1.165, 1.54) is 19.3 Å². The lowest BCUT2D eigenvalue weighted by molar-refractivity contribution is -0.120. The molecule has 1 aliphatic heterocycles. The molecule has 0 aromatic carbocycles. The minimum Gasteiger partial charge on any atom is -0.355 e. The first kappa shape index (κ1) is 13.2. The van der Waals surface area contributed by atoms with E-state index in [4.69, 9.17) is 11.6 Å². The SMILES string of the molecule is O=C(NCCCCCCCl)C1CCCS1. The molecular weight excluding hydrogens is 230 g/mol. The van der Waals surface area contributed by atoms with Gasteiger partial charge in [-0.1, -0.05) is 12.8 Å². The summed E-state index contributed by atoms with van der Waals surface area (Å²) in [6.07, 6.45) is 6.78. The molecule has 1 aliphatic rings. The third-order valence-electron chi connectivity index (χ3n) is 2.58. The molecule has 0 aliphatic carbocycles. The van der Waals surface area contributed by atoms with Crippen molar-refractivity contribution in [3.63, 3.8) is 0 Å². The van der Waals surface area contributed by atoms with Crippen LogP contribution < -0.4 is 5.32 Å². The summed E-state index contributed by atoms with van der Waals surface area (Å²) in [6.45, 7) is 0.832. The van der Waals surface area contributed by atoms with Gasteiger partial charge in [0.15, 0.2) is 0 Å². The van der Waals surface area contributed by atoms with Crippen LogP contribution in [0.3, 0.4) is 0 Å². The van der Waals surface area contributed by atoms with E-state index >= 15 is 0 Å². The quantitative estimate of drug-likeness (QED) is 0.555. The topological polar surface area (TPSA) is 29.1 Å². The van der Waals surface area contributed by atoms with Gasteiger partial charge in [0.2, 0.25) is 5.91 Å². The summed E-state index contributed by atoms with van der Waals surface area (Å²) in [5.74, 6) is 2.15. The summed E-state index contributed by atoms with van der Waals surface area (Å²) in [5.41, 5.74) is 0. The van der Waals surface area contributed by atoms with Gasteiger partial charge < -0.3 is 5.32 Å². The van der Waals surface area contributed by atoms with Crippen LogP contribution >= 0.6 is 23.4 Å². The first-order valence-electron chi connectivity index (χ1n) is 5.80. The maximum Gasteiger partial charge on any atom is 0.233 e. The van der Waals surface area contributed by atoms with E-state index in [9.17, 15) is 4.79 Å². The van der Waals surface area contributed by atoms with E-state index in [0.29, 0.717) is 0 Å². The standard InChI is InChI=1S/C11H20ClNOS/c12-7-3-1-2-4-8-13-11(14)10-6-5-9-15-10/h10H,1-9H2,(H,13,14). The molecule has 1 N–H and O–H groups in total. The maximum atomic E-state index is 11.6. The van der Waals surface area contributed by atoms with Crippen molar-refractivity contribution in [3.05, 3.63) is 0 Å². The molecule has 0 bridgehead atoms. The zero-order valence-electron chi connectivity index (χ0n) is 9.14. The number of hydrogen-bond donors (Lipinski definition) is 1. The molecule has 1 unspecified atom stereocenters. The highest BCUT2D eigenvalue weighted by Crippen LogP contribution is 2.25. The van der Waals surface area contributed by atoms with E-state index in [-0.39, 0.29) is 11.2 Å². The Morgan fingerprint density at radius 1 is 1.33 bits per heavy atom. The smallest absolute Gasteiger partial charge is 0.233 e. The summed E-state index contributed by atoms with van der Waals surface area (Å²) < 4.78 is 0. The second-order valence-corrected chi connectivity index (χ2v) is 5.58. The summed E-state index contributed by atoms with van der Waals surface area (Å²) in [7, 11) is 0. The third-order valence-corrected chi connectivity index (χ3v) is 4.23. The number of thioether (sulfide) groups is 1. The number of carbonyl (C=O) groups excluding carboxylic acids is 1. The molecule has 0 aromatic rings. The number of nitrogens with one attached hydrogen (secondary N) is 1. The second kappa shape index (κ2) is 8.28. The Labute approximate surface area is 102 Å². The fourth-order valence-corrected chi connectivity index (χ4v) is 3.06. The lowest BCUT2D eigenvalue weighted by Crippen LogP contribution is -2.31. The van der Waals surface area contributed by atoms with Crippen LogP contribution in [0.15, 0.2) is 0 Å². The Morgan fingerprint density at radius 2 is 2.13 bits per heavy atom. The van der Waals surface area contributed by atoms with Crippen LogP contribution in [0.25, 0.3) is 0 Å². The minimum absolute atomic E-state index is 0.229. The van der Waals surface area contributed by atoms with Crippen LogP contribution in [0.2, 0.25) is 0 Å². The van der Waals surface area contributed by atoms with Gasteiger partial charge in [0.25, 0.3) is 0 Å². The monoisotopic (exact) mass is 249 g/mol. The molecule has 1 fully saturated rings. The zero-order chi connectivity index (χ0) is 10.9. The van der Waals surface area contributed by atoms with Crippen molar-refractivity contribution >= 4 is 29.3 Å². The molecule has 1 heterocycles. The number of alkyl halides is 1. The molecule has 88 valence electrons. The lowest BCUT2D eigenvalue weighted by Gasteiger charge is -2.09. The molecule has 0 aromatic heterocycles. The van der Waals surface area contributed by atoms with Gasteiger partial charge in [-0.05, 0) is 31.4 Å². The van der Waals surface area contributed by atoms with Gasteiger partial charge in [0.05, 0.1) is 5.25 Å². The van der Waals surface area contributed by atoms with Gasteiger partial charge in [0, 0.05) is 12.4 Å². The molecule has 1 amide bonds. The van der Waals surface area contributed by atoms with Crippen molar-refractivity contribution in [2.24, 2.45) is 0 Å². The van der Waals surface area contributed by atoms with Crippen molar-refractivity contribution in [2.75, 3.05) is 18.2 Å². The Kier molecular flexibility index (Phi) is 7.28. The average molecular weight is 250 g/mol. The number of halogens is 1. The van der Waals surface area contributed by atoms with E-state index in [1.807, 2.05) is 0 Å². The number of unbranched alkanes of at least 4 members (excludes halogenated alkanes) is 3. The van der Waals surface area contributed by atoms with Crippen molar-refractivity contribution in [2.45, 2.75) is 43.8 Å². The molecule has 0 radical (unpaired) electrons. The molecule has 4 heteroatoms. The summed E-state index contributed by atoms with van der Waals surface area (Å²) >= 11 is 7.37. The summed E-state index contributed by atoms with van der Waals surface area (Å²) in [6, 6.07) is 0. The highest BCUT2D eigenvalue weighted by Gasteiger charge is 2.22. The number of amides is 1. The normalized spacial score (nSPS) is 20.5. The number of carbonyl (C=O) groups is 1. The minimum atomic E-state index is 0.229. The fourth-order valence-electron chi connectivity index (χ4n) is 1.68. The van der Waals surface area contributed by atoms with Crippen LogP contribution in [-0.4, -0.2) is 29.3 Å². The fraction of sp³-hybridized carbons (Fsp3) is 0.909. The molecular formula is C11H20ClNOS. The van der Waals surface area contributed by atoms with Gasteiger partial charge in [-0.25, -0.2) is 0 Å². The summed E-state index contributed by atoms with van der Waals surface area (Å²) in [4.78, 5) is 11.6. The van der Waals surface area contributed by atoms with Crippen LogP contribution in [-0.2, 0) is 4.79 Å². The first-order chi connectivity index (χ1) is 7.34. The summed E-state index contributed by atoms with van der Waals surface area (Å²) in [5, 5.41) is 3.24. The molecule has 1 atom stereocenters. The van der Waals surface area contributed by atoms with E-state index in [2.05, 4.69) is 5.32 Å². The predicted octanol–water partition coefficient (Wildman–Crippen LogP) is 2.80. The predicted molar refractivity (Wildman–Crippen MR) is 67.7 cm³/mol. The van der Waals surface area contributed by atoms with Gasteiger partial charge >= 0.3 is 0 Å². The molecule has 2 nitrogen and oxygen atoms in total. The van der Waals surface area contributed by atoms with E-state index in [1.54, 1.807) is 11.8 Å². The Bertz CT molecular complexity index is 183. The largest absolute Gasteiger partial charge is 0.355 e. The number of rotatable bonds is 7. The third kappa shape index (κ3) is 5.67. The van der Waals surface area contributed by atoms with Crippen molar-refractivity contribution in [1.82, 2.24) is 5.32 Å². The van der Waals surface area contributed by atoms with Crippen molar-refractivity contribution < 1.29 is 4.79 Å². The van der Waals surface area contributed by atoms with Gasteiger partial charge in [-0.15, -0.1) is 23.4 Å². The highest BCUT2D eigenvalue weighted by atomic mass is 35.5. The molecule has 0 saturated carbocycles. The Hall–Kier alpha value is 0.110. The lowest BCUT2D eigenvalue weighted by atomic mass is 10.2. The van der Waals surface area contributed by atoms with Crippen molar-refractivity contribution in [3.8, 4) is 0 Å². The van der Waals surface area contributed by atoms with Gasteiger partial charge in [-0.3, -0.25) is 4.79 Å². The van der Waals surface area contributed by atoms with Crippen LogP contribution in [0.5, 0.6) is 0 Å². The second-order valence-electron chi connectivity index (χ2n) is 3.90. The van der Waals surface area contributed by atoms with E-state index < -0.39 is 0 Å². The Morgan fingerprint density at radius 3 is 2.80 bits per heavy atom. The molecule has 1 saturated heterocycles. The van der Waals surface area contributed by atoms with Crippen molar-refractivity contribution in [1.29, 1.82) is 0 Å². The molecule has 0 spiro atoms. The van der Waals surface area contributed by atoms with E-state index in [0.717, 1.165) is 37.4 Å². The maximum absolute atomic E-state index is 11.6. The molecule has 15 heavy (non-hydrogen) atoms. The zero-order valence-corrected chi connectivity index (χ0v) is 10.7. The van der Waals surface area contributed by atoms with Crippen LogP contribution in [0.4, 0.5) is 0 Å². The van der Waals surface area contributed by atoms with Crippen LogP contribution in [0, 0.1) is 0 Å². The van der Waals surface area contributed by atoms with Crippen LogP contribution in [0.1, 0.15) is 38.5 Å². The highest BCUT2D eigenvalue weighted by molar-refractivity contribution is 8.00. The Balaban J connectivity index is 1.92. The first-order valence-corrected chi connectivity index (χ1v) is 7.38. The van der Waals surface area contributed by atoms with Gasteiger partial charge in [-0.2, -0.15) is 0 Å². The average Bonchev–Trinajstić information content (AvgIpc) is 2.76. The van der Waals surface area contributed by atoms with Gasteiger partial charge in [0.1, 0.15) is 0 Å².